The first-order valence-corrected chi connectivity index (χ1v) is 7.32. The minimum absolute atomic E-state index is 0.0813. The monoisotopic (exact) mass is 320 g/mol. The van der Waals surface area contributed by atoms with E-state index in [0.29, 0.717) is 12.6 Å². The molecule has 22 heavy (non-hydrogen) atoms. The van der Waals surface area contributed by atoms with Crippen molar-refractivity contribution in [1.29, 1.82) is 0 Å². The van der Waals surface area contributed by atoms with Gasteiger partial charge in [-0.1, -0.05) is 0 Å². The maximum atomic E-state index is 13.2. The number of halogens is 4. The average molecular weight is 320 g/mol. The first kappa shape index (κ1) is 17.2. The molecule has 1 heterocycles. The second-order valence-corrected chi connectivity index (χ2v) is 5.64. The lowest BCUT2D eigenvalue weighted by molar-refractivity contribution is -0.137. The Balaban J connectivity index is 1.82. The summed E-state index contributed by atoms with van der Waals surface area (Å²) in [6.45, 7) is 2.82. The molecule has 1 fully saturated rings. The molecule has 0 radical (unpaired) electrons. The Kier molecular flexibility index (Phi) is 5.77. The minimum atomic E-state index is -4.56. The fourth-order valence-electron chi connectivity index (χ4n) is 2.63. The summed E-state index contributed by atoms with van der Waals surface area (Å²) >= 11 is 0. The maximum absolute atomic E-state index is 13.2. The molecular weight excluding hydrogens is 300 g/mol. The van der Waals surface area contributed by atoms with Crippen LogP contribution >= 0.6 is 0 Å². The van der Waals surface area contributed by atoms with Gasteiger partial charge in [-0.05, 0) is 49.7 Å². The molecule has 1 unspecified atom stereocenters. The molecular formula is C15H20F4N2O. The summed E-state index contributed by atoms with van der Waals surface area (Å²) in [6, 6.07) is 2.46. The Morgan fingerprint density at radius 1 is 1.18 bits per heavy atom. The van der Waals surface area contributed by atoms with Gasteiger partial charge in [0.15, 0.2) is 0 Å². The third kappa shape index (κ3) is 5.23. The maximum Gasteiger partial charge on any atom is 0.416 e. The van der Waals surface area contributed by atoms with Crippen LogP contribution in [0.15, 0.2) is 18.2 Å². The summed E-state index contributed by atoms with van der Waals surface area (Å²) < 4.78 is 51.0. The summed E-state index contributed by atoms with van der Waals surface area (Å²) in [4.78, 5) is 2.15. The van der Waals surface area contributed by atoms with Gasteiger partial charge in [0.05, 0.1) is 11.7 Å². The predicted octanol–water partition coefficient (Wildman–Crippen LogP) is 2.39. The molecule has 1 aliphatic rings. The van der Waals surface area contributed by atoms with Crippen LogP contribution in [0.3, 0.4) is 0 Å². The molecule has 1 aromatic rings. The number of hydrogen-bond acceptors (Lipinski definition) is 3. The second-order valence-electron chi connectivity index (χ2n) is 5.64. The molecule has 1 aromatic carbocycles. The van der Waals surface area contributed by atoms with E-state index in [1.807, 2.05) is 0 Å². The highest BCUT2D eigenvalue weighted by atomic mass is 19.4. The van der Waals surface area contributed by atoms with Crippen LogP contribution in [0.1, 0.15) is 24.0 Å². The van der Waals surface area contributed by atoms with Gasteiger partial charge in [-0.3, -0.25) is 0 Å². The van der Waals surface area contributed by atoms with Crippen LogP contribution in [0.2, 0.25) is 0 Å². The molecule has 0 aromatic heterocycles. The molecule has 1 aliphatic heterocycles. The molecule has 0 amide bonds. The van der Waals surface area contributed by atoms with Gasteiger partial charge in [0, 0.05) is 19.6 Å². The Morgan fingerprint density at radius 2 is 1.86 bits per heavy atom. The lowest BCUT2D eigenvalue weighted by atomic mass is 10.1. The lowest BCUT2D eigenvalue weighted by Crippen LogP contribution is -2.36. The summed E-state index contributed by atoms with van der Waals surface area (Å²) in [5.74, 6) is -0.913. The number of hydrogen-bond donors (Lipinski definition) is 2. The van der Waals surface area contributed by atoms with Crippen molar-refractivity contribution >= 4 is 0 Å². The number of aliphatic hydroxyl groups excluding tert-OH is 1. The number of aliphatic hydroxyl groups is 1. The average Bonchev–Trinajstić information content (AvgIpc) is 2.90. The quantitative estimate of drug-likeness (QED) is 0.790. The summed E-state index contributed by atoms with van der Waals surface area (Å²) in [5, 5.41) is 12.7. The summed E-state index contributed by atoms with van der Waals surface area (Å²) in [7, 11) is 0. The van der Waals surface area contributed by atoms with Crippen molar-refractivity contribution in [2.24, 2.45) is 0 Å². The predicted molar refractivity (Wildman–Crippen MR) is 74.8 cm³/mol. The van der Waals surface area contributed by atoms with Crippen molar-refractivity contribution in [1.82, 2.24) is 10.2 Å². The first-order valence-electron chi connectivity index (χ1n) is 7.32. The van der Waals surface area contributed by atoms with Crippen molar-refractivity contribution in [2.75, 3.05) is 26.2 Å². The van der Waals surface area contributed by atoms with E-state index in [2.05, 4.69) is 10.2 Å². The van der Waals surface area contributed by atoms with E-state index in [9.17, 15) is 22.7 Å². The van der Waals surface area contributed by atoms with Crippen molar-refractivity contribution in [3.63, 3.8) is 0 Å². The van der Waals surface area contributed by atoms with Gasteiger partial charge in [0.1, 0.15) is 5.82 Å². The normalized spacial score (nSPS) is 17.9. The van der Waals surface area contributed by atoms with Crippen molar-refractivity contribution in [3.05, 3.63) is 35.1 Å². The van der Waals surface area contributed by atoms with Gasteiger partial charge in [-0.25, -0.2) is 4.39 Å². The van der Waals surface area contributed by atoms with Crippen molar-refractivity contribution < 1.29 is 22.7 Å². The SMILES string of the molecule is OC(CNCc1cc(F)cc(C(F)(F)F)c1)CN1CCCC1. The van der Waals surface area contributed by atoms with Crippen molar-refractivity contribution in [2.45, 2.75) is 31.7 Å². The third-order valence-corrected chi connectivity index (χ3v) is 3.66. The highest BCUT2D eigenvalue weighted by Crippen LogP contribution is 2.30. The lowest BCUT2D eigenvalue weighted by Gasteiger charge is -2.19. The topological polar surface area (TPSA) is 35.5 Å². The molecule has 3 nitrogen and oxygen atoms in total. The van der Waals surface area contributed by atoms with Gasteiger partial charge >= 0.3 is 6.18 Å². The Morgan fingerprint density at radius 3 is 2.50 bits per heavy atom. The summed E-state index contributed by atoms with van der Waals surface area (Å²) in [6.07, 6.45) is -2.90. The van der Waals surface area contributed by atoms with E-state index in [1.165, 1.54) is 0 Å². The Labute approximate surface area is 126 Å². The molecule has 0 saturated carbocycles. The van der Waals surface area contributed by atoms with Crippen molar-refractivity contribution in [3.8, 4) is 0 Å². The molecule has 0 spiro atoms. The minimum Gasteiger partial charge on any atom is -0.390 e. The number of likely N-dealkylation sites (tertiary alicyclic amines) is 1. The molecule has 2 N–H and O–H groups in total. The third-order valence-electron chi connectivity index (χ3n) is 3.66. The molecule has 1 atom stereocenters. The largest absolute Gasteiger partial charge is 0.416 e. The van der Waals surface area contributed by atoms with Crippen LogP contribution in [0.5, 0.6) is 0 Å². The molecule has 0 aliphatic carbocycles. The van der Waals surface area contributed by atoms with E-state index in [4.69, 9.17) is 0 Å². The zero-order valence-electron chi connectivity index (χ0n) is 12.2. The fourth-order valence-corrected chi connectivity index (χ4v) is 2.63. The number of β-amino-alcohol motifs (C(OH)–C–C–N with tert-alkyl or cyclic N) is 1. The number of nitrogens with zero attached hydrogens (tertiary/aromatic N) is 1. The highest BCUT2D eigenvalue weighted by Gasteiger charge is 2.31. The molecule has 1 saturated heterocycles. The molecule has 0 bridgehead atoms. The Hall–Kier alpha value is -1.18. The van der Waals surface area contributed by atoms with Gasteiger partial charge < -0.3 is 15.3 Å². The van der Waals surface area contributed by atoms with Crippen LogP contribution in [-0.2, 0) is 12.7 Å². The van der Waals surface area contributed by atoms with E-state index in [1.54, 1.807) is 0 Å². The van der Waals surface area contributed by atoms with Gasteiger partial charge in [-0.2, -0.15) is 13.2 Å². The smallest absolute Gasteiger partial charge is 0.390 e. The zero-order valence-corrected chi connectivity index (χ0v) is 12.2. The first-order chi connectivity index (χ1) is 10.3. The number of rotatable bonds is 6. The van der Waals surface area contributed by atoms with E-state index < -0.39 is 23.7 Å². The van der Waals surface area contributed by atoms with Gasteiger partial charge in [0.25, 0.3) is 0 Å². The van der Waals surface area contributed by atoms with E-state index >= 15 is 0 Å². The van der Waals surface area contributed by atoms with Crippen LogP contribution < -0.4 is 5.32 Å². The number of benzene rings is 1. The Bertz CT molecular complexity index is 487. The fraction of sp³-hybridized carbons (Fsp3) is 0.600. The summed E-state index contributed by atoms with van der Waals surface area (Å²) in [5.41, 5.74) is -0.789. The van der Waals surface area contributed by atoms with E-state index in [-0.39, 0.29) is 18.7 Å². The molecule has 124 valence electrons. The van der Waals surface area contributed by atoms with Gasteiger partial charge in [0.2, 0.25) is 0 Å². The standard InChI is InChI=1S/C15H20F4N2O/c16-13-6-11(5-12(7-13)15(17,18)19)8-20-9-14(22)10-21-3-1-2-4-21/h5-7,14,20,22H,1-4,8-10H2. The number of alkyl halides is 3. The molecule has 2 rings (SSSR count). The van der Waals surface area contributed by atoms with Crippen LogP contribution in [0, 0.1) is 5.82 Å². The van der Waals surface area contributed by atoms with E-state index in [0.717, 1.165) is 38.1 Å². The molecule has 7 heteroatoms. The number of nitrogens with one attached hydrogen (secondary N) is 1. The second kappa shape index (κ2) is 7.39. The van der Waals surface area contributed by atoms with Gasteiger partial charge in [-0.15, -0.1) is 0 Å². The highest BCUT2D eigenvalue weighted by molar-refractivity contribution is 5.26. The van der Waals surface area contributed by atoms with Crippen LogP contribution in [0.25, 0.3) is 0 Å². The zero-order chi connectivity index (χ0) is 16.2. The van der Waals surface area contributed by atoms with Crippen LogP contribution in [0.4, 0.5) is 17.6 Å². The van der Waals surface area contributed by atoms with Crippen LogP contribution in [-0.4, -0.2) is 42.3 Å².